The SMILES string of the molecule is CC(C)(C)OC(=O)NCCC[C@H](N)C(=O)OC(=O)OCc1ccccc1. The molecule has 0 saturated carbocycles. The molecule has 3 N–H and O–H groups in total. The van der Waals surface area contributed by atoms with Gasteiger partial charge in [0.1, 0.15) is 18.2 Å². The van der Waals surface area contributed by atoms with Crippen molar-refractivity contribution in [3.8, 4) is 0 Å². The van der Waals surface area contributed by atoms with E-state index in [0.717, 1.165) is 5.56 Å². The number of alkyl carbamates (subject to hydrolysis) is 1. The lowest BCUT2D eigenvalue weighted by Crippen LogP contribution is -2.36. The normalized spacial score (nSPS) is 12.0. The van der Waals surface area contributed by atoms with Crippen molar-refractivity contribution in [2.24, 2.45) is 5.73 Å². The van der Waals surface area contributed by atoms with Gasteiger partial charge in [-0.25, -0.2) is 14.4 Å². The molecule has 0 spiro atoms. The summed E-state index contributed by atoms with van der Waals surface area (Å²) in [5.41, 5.74) is 5.86. The molecule has 0 unspecified atom stereocenters. The largest absolute Gasteiger partial charge is 0.516 e. The first-order valence-electron chi connectivity index (χ1n) is 8.32. The van der Waals surface area contributed by atoms with Crippen LogP contribution in [0.1, 0.15) is 39.2 Å². The summed E-state index contributed by atoms with van der Waals surface area (Å²) in [6.45, 7) is 5.57. The summed E-state index contributed by atoms with van der Waals surface area (Å²) < 4.78 is 14.5. The van der Waals surface area contributed by atoms with Crippen molar-refractivity contribution in [2.45, 2.75) is 51.9 Å². The Hall–Kier alpha value is -2.61. The Bertz CT molecular complexity index is 597. The Balaban J connectivity index is 2.19. The summed E-state index contributed by atoms with van der Waals surface area (Å²) in [4.78, 5) is 34.7. The van der Waals surface area contributed by atoms with Gasteiger partial charge in [-0.15, -0.1) is 0 Å². The lowest BCUT2D eigenvalue weighted by molar-refractivity contribution is -0.141. The number of benzene rings is 1. The highest BCUT2D eigenvalue weighted by molar-refractivity contribution is 5.85. The minimum Gasteiger partial charge on any atom is -0.444 e. The van der Waals surface area contributed by atoms with Crippen molar-refractivity contribution in [1.82, 2.24) is 5.32 Å². The topological polar surface area (TPSA) is 117 Å². The highest BCUT2D eigenvalue weighted by Crippen LogP contribution is 2.07. The number of carbonyl (C=O) groups is 3. The van der Waals surface area contributed by atoms with Gasteiger partial charge in [-0.1, -0.05) is 30.3 Å². The molecule has 0 aromatic heterocycles. The van der Waals surface area contributed by atoms with Crippen LogP contribution in [0.3, 0.4) is 0 Å². The van der Waals surface area contributed by atoms with Crippen LogP contribution in [0.25, 0.3) is 0 Å². The molecule has 1 aromatic carbocycles. The molecule has 1 amide bonds. The van der Waals surface area contributed by atoms with Crippen LogP contribution < -0.4 is 11.1 Å². The number of amides is 1. The van der Waals surface area contributed by atoms with Gasteiger partial charge in [0.2, 0.25) is 0 Å². The molecular weight excluding hydrogens is 340 g/mol. The van der Waals surface area contributed by atoms with Crippen LogP contribution in [0.15, 0.2) is 30.3 Å². The highest BCUT2D eigenvalue weighted by atomic mass is 16.7. The molecule has 1 rings (SSSR count). The number of ether oxygens (including phenoxy) is 3. The van der Waals surface area contributed by atoms with Crippen molar-refractivity contribution in [3.63, 3.8) is 0 Å². The van der Waals surface area contributed by atoms with E-state index in [9.17, 15) is 14.4 Å². The maximum Gasteiger partial charge on any atom is 0.516 e. The van der Waals surface area contributed by atoms with Crippen molar-refractivity contribution in [2.75, 3.05) is 6.54 Å². The van der Waals surface area contributed by atoms with Gasteiger partial charge < -0.3 is 25.3 Å². The maximum atomic E-state index is 11.7. The summed E-state index contributed by atoms with van der Waals surface area (Å²) in [5, 5.41) is 2.55. The van der Waals surface area contributed by atoms with E-state index in [-0.39, 0.29) is 19.6 Å². The first kappa shape index (κ1) is 21.4. The van der Waals surface area contributed by atoms with E-state index in [1.807, 2.05) is 6.07 Å². The molecule has 0 radical (unpaired) electrons. The molecule has 8 nitrogen and oxygen atoms in total. The number of hydrogen-bond acceptors (Lipinski definition) is 7. The minimum atomic E-state index is -1.10. The van der Waals surface area contributed by atoms with Gasteiger partial charge in [0.25, 0.3) is 0 Å². The van der Waals surface area contributed by atoms with Crippen LogP contribution in [0, 0.1) is 0 Å². The molecule has 0 aliphatic rings. The Labute approximate surface area is 153 Å². The summed E-state index contributed by atoms with van der Waals surface area (Å²) in [6.07, 6.45) is -0.978. The fourth-order valence-corrected chi connectivity index (χ4v) is 1.85. The zero-order valence-electron chi connectivity index (χ0n) is 15.3. The van der Waals surface area contributed by atoms with Crippen LogP contribution >= 0.6 is 0 Å². The lowest BCUT2D eigenvalue weighted by atomic mass is 10.2. The van der Waals surface area contributed by atoms with Gasteiger partial charge in [0, 0.05) is 6.54 Å². The van der Waals surface area contributed by atoms with E-state index in [2.05, 4.69) is 10.1 Å². The van der Waals surface area contributed by atoms with E-state index in [1.165, 1.54) is 0 Å². The van der Waals surface area contributed by atoms with E-state index < -0.39 is 29.9 Å². The lowest BCUT2D eigenvalue weighted by Gasteiger charge is -2.19. The zero-order valence-corrected chi connectivity index (χ0v) is 15.3. The highest BCUT2D eigenvalue weighted by Gasteiger charge is 2.20. The van der Waals surface area contributed by atoms with Crippen molar-refractivity contribution in [3.05, 3.63) is 35.9 Å². The van der Waals surface area contributed by atoms with Crippen molar-refractivity contribution in [1.29, 1.82) is 0 Å². The molecule has 0 heterocycles. The summed E-state index contributed by atoms with van der Waals surface area (Å²) in [5.74, 6) is -0.875. The Morgan fingerprint density at radius 3 is 2.42 bits per heavy atom. The number of nitrogens with one attached hydrogen (secondary N) is 1. The predicted molar refractivity (Wildman–Crippen MR) is 94.2 cm³/mol. The van der Waals surface area contributed by atoms with Gasteiger partial charge in [-0.3, -0.25) is 0 Å². The summed E-state index contributed by atoms with van der Waals surface area (Å²) in [6, 6.07) is 8.01. The molecule has 144 valence electrons. The van der Waals surface area contributed by atoms with Crippen LogP contribution in [0.5, 0.6) is 0 Å². The van der Waals surface area contributed by atoms with Crippen LogP contribution in [-0.2, 0) is 25.6 Å². The van der Waals surface area contributed by atoms with Gasteiger partial charge in [-0.2, -0.15) is 0 Å². The maximum absolute atomic E-state index is 11.7. The Morgan fingerprint density at radius 1 is 1.15 bits per heavy atom. The molecule has 1 atom stereocenters. The molecule has 26 heavy (non-hydrogen) atoms. The van der Waals surface area contributed by atoms with Gasteiger partial charge >= 0.3 is 18.2 Å². The minimum absolute atomic E-state index is 0.00198. The third kappa shape index (κ3) is 9.63. The average molecular weight is 366 g/mol. The summed E-state index contributed by atoms with van der Waals surface area (Å²) >= 11 is 0. The van der Waals surface area contributed by atoms with E-state index in [0.29, 0.717) is 6.42 Å². The van der Waals surface area contributed by atoms with E-state index in [1.54, 1.807) is 45.0 Å². The number of esters is 1. The number of rotatable bonds is 7. The standard InChI is InChI=1S/C18H26N2O6/c1-18(2,3)26-16(22)20-11-7-10-14(19)15(21)25-17(23)24-12-13-8-5-4-6-9-13/h4-6,8-9,14H,7,10-12,19H2,1-3H3,(H,20,22)/t14-/m0/s1. The molecular formula is C18H26N2O6. The number of nitrogens with two attached hydrogens (primary N) is 1. The van der Waals surface area contributed by atoms with Crippen molar-refractivity contribution >= 4 is 18.2 Å². The quantitative estimate of drug-likeness (QED) is 0.432. The molecule has 0 bridgehead atoms. The molecule has 0 fully saturated rings. The monoisotopic (exact) mass is 366 g/mol. The fraction of sp³-hybridized carbons (Fsp3) is 0.500. The van der Waals surface area contributed by atoms with E-state index in [4.69, 9.17) is 15.2 Å². The first-order chi connectivity index (χ1) is 12.2. The number of hydrogen-bond donors (Lipinski definition) is 2. The van der Waals surface area contributed by atoms with Crippen LogP contribution in [0.2, 0.25) is 0 Å². The molecule has 8 heteroatoms. The Morgan fingerprint density at radius 2 is 1.81 bits per heavy atom. The molecule has 1 aromatic rings. The summed E-state index contributed by atoms with van der Waals surface area (Å²) in [7, 11) is 0. The van der Waals surface area contributed by atoms with Gasteiger partial charge in [-0.05, 0) is 39.2 Å². The van der Waals surface area contributed by atoms with Crippen LogP contribution in [0.4, 0.5) is 9.59 Å². The van der Waals surface area contributed by atoms with Gasteiger partial charge in [0.05, 0.1) is 0 Å². The van der Waals surface area contributed by atoms with Crippen molar-refractivity contribution < 1.29 is 28.6 Å². The van der Waals surface area contributed by atoms with E-state index >= 15 is 0 Å². The van der Waals surface area contributed by atoms with Gasteiger partial charge in [0.15, 0.2) is 0 Å². The number of carbonyl (C=O) groups excluding carboxylic acids is 3. The Kier molecular flexibility index (Phi) is 8.57. The first-order valence-corrected chi connectivity index (χ1v) is 8.32. The molecule has 0 saturated heterocycles. The second-order valence-electron chi connectivity index (χ2n) is 6.62. The smallest absolute Gasteiger partial charge is 0.444 e. The fourth-order valence-electron chi connectivity index (χ4n) is 1.85. The predicted octanol–water partition coefficient (Wildman–Crippen LogP) is 2.50. The van der Waals surface area contributed by atoms with Crippen LogP contribution in [-0.4, -0.2) is 36.4 Å². The third-order valence-electron chi connectivity index (χ3n) is 3.05. The zero-order chi connectivity index (χ0) is 19.6. The molecule has 0 aliphatic carbocycles. The molecule has 0 aliphatic heterocycles. The average Bonchev–Trinajstić information content (AvgIpc) is 2.56. The second-order valence-corrected chi connectivity index (χ2v) is 6.62. The second kappa shape index (κ2) is 10.4. The third-order valence-corrected chi connectivity index (χ3v) is 3.05.